The van der Waals surface area contributed by atoms with Gasteiger partial charge in [0, 0.05) is 21.8 Å². The van der Waals surface area contributed by atoms with E-state index >= 15 is 0 Å². The number of carbonyl (C=O) groups excluding carboxylic acids is 1. The third-order valence-electron chi connectivity index (χ3n) is 3.79. The van der Waals surface area contributed by atoms with Crippen LogP contribution < -0.4 is 0 Å². The fraction of sp³-hybridized carbons (Fsp3) is 0.176. The Kier molecular flexibility index (Phi) is 3.66. The number of fused-ring (bicyclic) bond motifs is 2. The number of ketones is 1. The van der Waals surface area contributed by atoms with E-state index in [-0.39, 0.29) is 18.0 Å². The number of hydrogen-bond acceptors (Lipinski definition) is 4. The fourth-order valence-electron chi connectivity index (χ4n) is 2.46. The quantitative estimate of drug-likeness (QED) is 0.888. The number of carbonyl (C=O) groups is 2. The summed E-state index contributed by atoms with van der Waals surface area (Å²) in [5.74, 6) is -1.50. The van der Waals surface area contributed by atoms with E-state index in [1.54, 1.807) is 43.3 Å². The molecule has 0 fully saturated rings. The largest absolute Gasteiger partial charge is 0.508 e. The Morgan fingerprint density at radius 1 is 1.18 bits per heavy atom. The molecular weight excluding hydrogens is 300 g/mol. The molecule has 1 aliphatic heterocycles. The Morgan fingerprint density at radius 2 is 1.91 bits per heavy atom. The second kappa shape index (κ2) is 5.50. The molecule has 2 aromatic carbocycles. The first-order valence-electron chi connectivity index (χ1n) is 6.85. The van der Waals surface area contributed by atoms with Gasteiger partial charge in [-0.2, -0.15) is 0 Å². The van der Waals surface area contributed by atoms with E-state index in [4.69, 9.17) is 5.11 Å². The number of phenols is 1. The van der Waals surface area contributed by atoms with Gasteiger partial charge in [-0.3, -0.25) is 9.59 Å². The molecule has 0 amide bonds. The molecule has 112 valence electrons. The van der Waals surface area contributed by atoms with Crippen LogP contribution in [0.2, 0.25) is 0 Å². The lowest BCUT2D eigenvalue weighted by molar-refractivity contribution is -0.138. The van der Waals surface area contributed by atoms with Gasteiger partial charge in [-0.15, -0.1) is 0 Å². The van der Waals surface area contributed by atoms with Crippen molar-refractivity contribution < 1.29 is 19.8 Å². The van der Waals surface area contributed by atoms with Crippen LogP contribution in [0.25, 0.3) is 0 Å². The molecule has 1 aliphatic rings. The lowest BCUT2D eigenvalue weighted by atomic mass is 9.96. The monoisotopic (exact) mass is 314 g/mol. The first kappa shape index (κ1) is 14.7. The third kappa shape index (κ3) is 2.60. The summed E-state index contributed by atoms with van der Waals surface area (Å²) in [6, 6.07) is 10.2. The molecule has 2 N–H and O–H groups in total. The smallest absolute Gasteiger partial charge is 0.310 e. The molecule has 1 atom stereocenters. The van der Waals surface area contributed by atoms with Gasteiger partial charge in [0.25, 0.3) is 0 Å². The highest BCUT2D eigenvalue weighted by molar-refractivity contribution is 7.99. The maximum atomic E-state index is 12.5. The molecule has 3 rings (SSSR count). The zero-order valence-electron chi connectivity index (χ0n) is 11.9. The van der Waals surface area contributed by atoms with Crippen LogP contribution in [-0.4, -0.2) is 22.0 Å². The molecule has 1 unspecified atom stereocenters. The van der Waals surface area contributed by atoms with Crippen LogP contribution in [0.1, 0.15) is 34.3 Å². The van der Waals surface area contributed by atoms with Crippen LogP contribution in [0.5, 0.6) is 5.75 Å². The summed E-state index contributed by atoms with van der Waals surface area (Å²) in [6.45, 7) is 1.60. The van der Waals surface area contributed by atoms with Gasteiger partial charge in [0.1, 0.15) is 5.75 Å². The summed E-state index contributed by atoms with van der Waals surface area (Å²) in [7, 11) is 0. The first-order valence-corrected chi connectivity index (χ1v) is 7.67. The number of aromatic hydroxyl groups is 1. The predicted molar refractivity (Wildman–Crippen MR) is 82.8 cm³/mol. The van der Waals surface area contributed by atoms with E-state index in [0.717, 1.165) is 15.4 Å². The van der Waals surface area contributed by atoms with Gasteiger partial charge < -0.3 is 10.2 Å². The lowest BCUT2D eigenvalue weighted by Gasteiger charge is -2.10. The number of hydrogen-bond donors (Lipinski definition) is 2. The molecule has 0 saturated heterocycles. The second-order valence-electron chi connectivity index (χ2n) is 5.31. The number of phenolic OH excluding ortho intramolecular Hbond substituents is 1. The molecule has 0 spiro atoms. The SMILES string of the molecule is CC(C(=O)O)c1ccc2c(c1)C(=O)Cc1cc(O)ccc1S2. The van der Waals surface area contributed by atoms with Crippen molar-refractivity contribution in [2.45, 2.75) is 29.1 Å². The predicted octanol–water partition coefficient (Wildman–Crippen LogP) is 3.47. The minimum atomic E-state index is -0.915. The Bertz CT molecular complexity index is 782. The summed E-state index contributed by atoms with van der Waals surface area (Å²) >= 11 is 1.47. The number of aliphatic carboxylic acids is 1. The van der Waals surface area contributed by atoms with Crippen molar-refractivity contribution >= 4 is 23.5 Å². The van der Waals surface area contributed by atoms with Crippen LogP contribution in [0.4, 0.5) is 0 Å². The average Bonchev–Trinajstić information content (AvgIpc) is 2.62. The summed E-state index contributed by atoms with van der Waals surface area (Å²) in [4.78, 5) is 25.3. The summed E-state index contributed by atoms with van der Waals surface area (Å²) in [5, 5.41) is 18.7. The standard InChI is InChI=1S/C17H14O4S/c1-9(17(20)21)10-2-4-16-13(7-10)14(19)8-11-6-12(18)3-5-15(11)22-16/h2-7,9,18H,8H2,1H3,(H,20,21). The van der Waals surface area contributed by atoms with Crippen LogP contribution >= 0.6 is 11.8 Å². The highest BCUT2D eigenvalue weighted by Crippen LogP contribution is 2.39. The van der Waals surface area contributed by atoms with Gasteiger partial charge in [-0.05, 0) is 48.4 Å². The first-order chi connectivity index (χ1) is 10.5. The minimum Gasteiger partial charge on any atom is -0.508 e. The summed E-state index contributed by atoms with van der Waals surface area (Å²) in [5.41, 5.74) is 1.96. The molecule has 0 saturated carbocycles. The van der Waals surface area contributed by atoms with Crippen LogP contribution in [-0.2, 0) is 11.2 Å². The van der Waals surface area contributed by atoms with E-state index in [1.165, 1.54) is 11.8 Å². The van der Waals surface area contributed by atoms with Crippen molar-refractivity contribution in [3.63, 3.8) is 0 Å². The zero-order valence-corrected chi connectivity index (χ0v) is 12.7. The van der Waals surface area contributed by atoms with E-state index in [9.17, 15) is 14.7 Å². The van der Waals surface area contributed by atoms with Crippen molar-refractivity contribution in [2.75, 3.05) is 0 Å². The van der Waals surface area contributed by atoms with Crippen molar-refractivity contribution in [3.8, 4) is 5.75 Å². The topological polar surface area (TPSA) is 74.6 Å². The van der Waals surface area contributed by atoms with Crippen molar-refractivity contribution in [1.82, 2.24) is 0 Å². The minimum absolute atomic E-state index is 0.0636. The van der Waals surface area contributed by atoms with Crippen molar-refractivity contribution in [2.24, 2.45) is 0 Å². The fourth-order valence-corrected chi connectivity index (χ4v) is 3.51. The van der Waals surface area contributed by atoms with Gasteiger partial charge in [0.05, 0.1) is 5.92 Å². The van der Waals surface area contributed by atoms with E-state index < -0.39 is 11.9 Å². The van der Waals surface area contributed by atoms with E-state index in [2.05, 4.69) is 0 Å². The molecular formula is C17H14O4S. The number of Topliss-reactive ketones (excluding diaryl/α,β-unsaturated/α-hetero) is 1. The molecule has 2 aromatic rings. The van der Waals surface area contributed by atoms with Crippen LogP contribution in [0, 0.1) is 0 Å². The zero-order chi connectivity index (χ0) is 15.9. The Balaban J connectivity index is 2.06. The number of rotatable bonds is 2. The van der Waals surface area contributed by atoms with Crippen LogP contribution in [0.15, 0.2) is 46.2 Å². The molecule has 1 heterocycles. The molecule has 0 aromatic heterocycles. The van der Waals surface area contributed by atoms with Crippen molar-refractivity contribution in [3.05, 3.63) is 53.1 Å². The maximum Gasteiger partial charge on any atom is 0.310 e. The van der Waals surface area contributed by atoms with Gasteiger partial charge in [-0.25, -0.2) is 0 Å². The summed E-state index contributed by atoms with van der Waals surface area (Å²) in [6.07, 6.45) is 0.203. The normalized spacial score (nSPS) is 14.7. The lowest BCUT2D eigenvalue weighted by Crippen LogP contribution is -2.10. The van der Waals surface area contributed by atoms with Gasteiger partial charge in [-0.1, -0.05) is 17.8 Å². The molecule has 5 heteroatoms. The molecule has 4 nitrogen and oxygen atoms in total. The van der Waals surface area contributed by atoms with Crippen molar-refractivity contribution in [1.29, 1.82) is 0 Å². The maximum absolute atomic E-state index is 12.5. The Labute approximate surface area is 131 Å². The number of carboxylic acid groups (broad SMARTS) is 1. The third-order valence-corrected chi connectivity index (χ3v) is 4.98. The average molecular weight is 314 g/mol. The van der Waals surface area contributed by atoms with Gasteiger partial charge in [0.15, 0.2) is 5.78 Å². The highest BCUT2D eigenvalue weighted by atomic mass is 32.2. The Morgan fingerprint density at radius 3 is 2.64 bits per heavy atom. The molecule has 0 radical (unpaired) electrons. The second-order valence-corrected chi connectivity index (χ2v) is 6.39. The van der Waals surface area contributed by atoms with E-state index in [1.807, 2.05) is 0 Å². The number of benzene rings is 2. The highest BCUT2D eigenvalue weighted by Gasteiger charge is 2.23. The molecule has 22 heavy (non-hydrogen) atoms. The van der Waals surface area contributed by atoms with Gasteiger partial charge >= 0.3 is 5.97 Å². The van der Waals surface area contributed by atoms with Gasteiger partial charge in [0.2, 0.25) is 0 Å². The molecule has 0 aliphatic carbocycles. The van der Waals surface area contributed by atoms with E-state index in [0.29, 0.717) is 11.1 Å². The summed E-state index contributed by atoms with van der Waals surface area (Å²) < 4.78 is 0. The number of carboxylic acids is 1. The Hall–Kier alpha value is -2.27. The molecule has 0 bridgehead atoms. The van der Waals surface area contributed by atoms with Crippen LogP contribution in [0.3, 0.4) is 0 Å².